The molecule has 12 nitrogen and oxygen atoms in total. The van der Waals surface area contributed by atoms with Gasteiger partial charge >= 0.3 is 12.2 Å². The Morgan fingerprint density at radius 2 is 2.06 bits per heavy atom. The molecule has 0 unspecified atom stereocenters. The first-order valence-corrected chi connectivity index (χ1v) is 11.2. The number of aromatic nitrogens is 2. The topological polar surface area (TPSA) is 140 Å². The number of fused-ring (bicyclic) bond motifs is 3. The molecule has 1 aromatic heterocycles. The van der Waals surface area contributed by atoms with Crippen molar-refractivity contribution < 1.29 is 29.0 Å². The SMILES string of the molecule is CC(=O)NC[C@H]1CN(c2ccc3c(c2)OCCc2c(N4CCN(C(=O)O)CC4)n[nH]c2-3)C(=O)O1. The van der Waals surface area contributed by atoms with Gasteiger partial charge in [0.15, 0.2) is 5.82 Å². The first-order valence-electron chi connectivity index (χ1n) is 11.2. The van der Waals surface area contributed by atoms with Crippen molar-refractivity contribution >= 4 is 29.6 Å². The molecule has 3 N–H and O–H groups in total. The van der Waals surface area contributed by atoms with Gasteiger partial charge in [0.05, 0.1) is 31.1 Å². The number of hydrogen-bond donors (Lipinski definition) is 3. The van der Waals surface area contributed by atoms with E-state index < -0.39 is 18.3 Å². The van der Waals surface area contributed by atoms with E-state index in [9.17, 15) is 19.5 Å². The molecule has 3 aliphatic rings. The molecule has 3 aliphatic heterocycles. The summed E-state index contributed by atoms with van der Waals surface area (Å²) in [6, 6.07) is 5.55. The minimum absolute atomic E-state index is 0.175. The lowest BCUT2D eigenvalue weighted by atomic mass is 10.0. The Morgan fingerprint density at radius 3 is 2.79 bits per heavy atom. The van der Waals surface area contributed by atoms with E-state index >= 15 is 0 Å². The molecule has 2 fully saturated rings. The third kappa shape index (κ3) is 4.06. The second-order valence-corrected chi connectivity index (χ2v) is 8.49. The normalized spacial score (nSPS) is 19.6. The number of cyclic esters (lactones) is 1. The molecular weight excluding hydrogens is 444 g/mol. The predicted molar refractivity (Wildman–Crippen MR) is 121 cm³/mol. The molecule has 0 spiro atoms. The highest BCUT2D eigenvalue weighted by Crippen LogP contribution is 2.40. The molecule has 12 heteroatoms. The minimum Gasteiger partial charge on any atom is -0.492 e. The van der Waals surface area contributed by atoms with E-state index in [2.05, 4.69) is 20.4 Å². The van der Waals surface area contributed by atoms with Crippen molar-refractivity contribution in [3.63, 3.8) is 0 Å². The maximum Gasteiger partial charge on any atom is 0.414 e. The van der Waals surface area contributed by atoms with Crippen LogP contribution in [0.4, 0.5) is 21.1 Å². The highest BCUT2D eigenvalue weighted by Gasteiger charge is 2.34. The average Bonchev–Trinajstić information content (AvgIpc) is 3.36. The van der Waals surface area contributed by atoms with E-state index in [4.69, 9.17) is 9.47 Å². The van der Waals surface area contributed by atoms with Crippen LogP contribution in [0.15, 0.2) is 18.2 Å². The van der Waals surface area contributed by atoms with Crippen LogP contribution in [0.5, 0.6) is 5.75 Å². The Morgan fingerprint density at radius 1 is 1.26 bits per heavy atom. The van der Waals surface area contributed by atoms with E-state index in [-0.39, 0.29) is 12.5 Å². The molecule has 34 heavy (non-hydrogen) atoms. The fourth-order valence-corrected chi connectivity index (χ4v) is 4.55. The molecule has 4 heterocycles. The Bertz CT molecular complexity index is 1130. The Balaban J connectivity index is 1.35. The van der Waals surface area contributed by atoms with Gasteiger partial charge in [-0.1, -0.05) is 0 Å². The predicted octanol–water partition coefficient (Wildman–Crippen LogP) is 1.27. The number of benzene rings is 1. The smallest absolute Gasteiger partial charge is 0.414 e. The number of rotatable bonds is 4. The molecule has 1 aromatic carbocycles. The van der Waals surface area contributed by atoms with Crippen LogP contribution in [-0.2, 0) is 16.0 Å². The highest BCUT2D eigenvalue weighted by atomic mass is 16.6. The van der Waals surface area contributed by atoms with Gasteiger partial charge in [-0.3, -0.25) is 14.8 Å². The summed E-state index contributed by atoms with van der Waals surface area (Å²) in [4.78, 5) is 39.8. The maximum atomic E-state index is 12.4. The van der Waals surface area contributed by atoms with E-state index in [1.807, 2.05) is 18.2 Å². The zero-order valence-electron chi connectivity index (χ0n) is 18.7. The number of carbonyl (C=O) groups excluding carboxylic acids is 2. The van der Waals surface area contributed by atoms with Crippen molar-refractivity contribution in [3.05, 3.63) is 23.8 Å². The van der Waals surface area contributed by atoms with E-state index in [1.54, 1.807) is 0 Å². The second-order valence-electron chi connectivity index (χ2n) is 8.49. The summed E-state index contributed by atoms with van der Waals surface area (Å²) in [5, 5.41) is 19.6. The van der Waals surface area contributed by atoms with Crippen LogP contribution in [0.25, 0.3) is 11.3 Å². The summed E-state index contributed by atoms with van der Waals surface area (Å²) < 4.78 is 11.4. The van der Waals surface area contributed by atoms with E-state index in [0.717, 1.165) is 22.6 Å². The molecule has 0 saturated carbocycles. The Hall–Kier alpha value is -3.96. The largest absolute Gasteiger partial charge is 0.492 e. The average molecular weight is 470 g/mol. The van der Waals surface area contributed by atoms with Crippen molar-refractivity contribution in [1.82, 2.24) is 20.4 Å². The molecule has 3 amide bonds. The molecule has 0 radical (unpaired) electrons. The quantitative estimate of drug-likeness (QED) is 0.607. The van der Waals surface area contributed by atoms with Crippen molar-refractivity contribution in [2.24, 2.45) is 0 Å². The zero-order chi connectivity index (χ0) is 23.8. The molecule has 2 saturated heterocycles. The summed E-state index contributed by atoms with van der Waals surface area (Å²) in [5.41, 5.74) is 3.40. The van der Waals surface area contributed by atoms with Gasteiger partial charge < -0.3 is 29.7 Å². The molecule has 1 atom stereocenters. The maximum absolute atomic E-state index is 12.4. The first kappa shape index (κ1) is 21.9. The van der Waals surface area contributed by atoms with Gasteiger partial charge in [-0.2, -0.15) is 5.10 Å². The van der Waals surface area contributed by atoms with E-state index in [0.29, 0.717) is 57.2 Å². The molecule has 5 rings (SSSR count). The monoisotopic (exact) mass is 470 g/mol. The number of anilines is 2. The number of carbonyl (C=O) groups is 3. The Kier molecular flexibility index (Phi) is 5.64. The van der Waals surface area contributed by atoms with E-state index in [1.165, 1.54) is 16.7 Å². The van der Waals surface area contributed by atoms with Gasteiger partial charge in [0, 0.05) is 56.7 Å². The number of nitrogens with zero attached hydrogens (tertiary/aromatic N) is 4. The van der Waals surface area contributed by atoms with Crippen LogP contribution in [0.2, 0.25) is 0 Å². The van der Waals surface area contributed by atoms with Crippen LogP contribution < -0.4 is 19.9 Å². The highest BCUT2D eigenvalue weighted by molar-refractivity contribution is 5.91. The van der Waals surface area contributed by atoms with Crippen LogP contribution in [0.1, 0.15) is 12.5 Å². The number of nitrogens with one attached hydrogen (secondary N) is 2. The van der Waals surface area contributed by atoms with Gasteiger partial charge in [0.1, 0.15) is 11.9 Å². The van der Waals surface area contributed by atoms with Gasteiger partial charge in [-0.15, -0.1) is 0 Å². The third-order valence-electron chi connectivity index (χ3n) is 6.30. The molecular formula is C22H26N6O6. The summed E-state index contributed by atoms with van der Waals surface area (Å²) in [6.45, 7) is 4.48. The minimum atomic E-state index is -0.901. The number of H-pyrrole nitrogens is 1. The number of amides is 3. The van der Waals surface area contributed by atoms with Crippen molar-refractivity contribution in [1.29, 1.82) is 0 Å². The van der Waals surface area contributed by atoms with Crippen LogP contribution in [-0.4, -0.2) is 90.3 Å². The van der Waals surface area contributed by atoms with Crippen LogP contribution in [0.3, 0.4) is 0 Å². The van der Waals surface area contributed by atoms with Gasteiger partial charge in [-0.25, -0.2) is 9.59 Å². The molecule has 2 aromatic rings. The third-order valence-corrected chi connectivity index (χ3v) is 6.30. The fourth-order valence-electron chi connectivity index (χ4n) is 4.55. The second kappa shape index (κ2) is 8.76. The lowest BCUT2D eigenvalue weighted by Gasteiger charge is -2.33. The summed E-state index contributed by atoms with van der Waals surface area (Å²) in [5.74, 6) is 1.29. The van der Waals surface area contributed by atoms with Gasteiger partial charge in [0.2, 0.25) is 5.91 Å². The van der Waals surface area contributed by atoms with Gasteiger partial charge in [0.25, 0.3) is 0 Å². The lowest BCUT2D eigenvalue weighted by Crippen LogP contribution is -2.48. The summed E-state index contributed by atoms with van der Waals surface area (Å²) in [6.07, 6.45) is -1.13. The first-order chi connectivity index (χ1) is 16.4. The zero-order valence-corrected chi connectivity index (χ0v) is 18.7. The Labute approximate surface area is 195 Å². The number of ether oxygens (including phenoxy) is 2. The van der Waals surface area contributed by atoms with Crippen molar-refractivity contribution in [2.45, 2.75) is 19.4 Å². The molecule has 0 aliphatic carbocycles. The van der Waals surface area contributed by atoms with Crippen molar-refractivity contribution in [2.75, 3.05) is 55.7 Å². The molecule has 180 valence electrons. The number of aromatic amines is 1. The fraction of sp³-hybridized carbons (Fsp3) is 0.455. The summed E-state index contributed by atoms with van der Waals surface area (Å²) >= 11 is 0. The number of hydrogen-bond acceptors (Lipinski definition) is 7. The molecule has 0 bridgehead atoms. The van der Waals surface area contributed by atoms with Gasteiger partial charge in [-0.05, 0) is 12.1 Å². The van der Waals surface area contributed by atoms with Crippen LogP contribution >= 0.6 is 0 Å². The number of carboxylic acid groups (broad SMARTS) is 1. The van der Waals surface area contributed by atoms with Crippen LogP contribution in [0, 0.1) is 0 Å². The van der Waals surface area contributed by atoms with Crippen molar-refractivity contribution in [3.8, 4) is 17.0 Å². The number of piperazine rings is 1. The lowest BCUT2D eigenvalue weighted by molar-refractivity contribution is -0.119. The summed E-state index contributed by atoms with van der Waals surface area (Å²) in [7, 11) is 0. The standard InChI is InChI=1S/C22H26N6O6/c1-13(29)23-11-15-12-28(22(32)34-15)14-2-3-16-18(10-14)33-9-4-17-19(16)24-25-20(17)26-5-7-27(8-6-26)21(30)31/h2-3,10,15H,4-9,11-12H2,1H3,(H,23,29)(H,24,25)(H,30,31)/t15-/m0/s1.